The number of ketones is 2. The molecule has 7 heteroatoms. The van der Waals surface area contributed by atoms with Crippen LogP contribution in [0, 0.1) is 5.92 Å². The molecule has 1 aliphatic rings. The molecule has 0 fully saturated rings. The number of halogens is 1. The lowest BCUT2D eigenvalue weighted by molar-refractivity contribution is -0.124. The molecule has 0 saturated carbocycles. The summed E-state index contributed by atoms with van der Waals surface area (Å²) in [7, 11) is 2.61. The maximum atomic E-state index is 12.4. The second-order valence-corrected chi connectivity index (χ2v) is 4.75. The lowest BCUT2D eigenvalue weighted by atomic mass is 9.89. The van der Waals surface area contributed by atoms with Gasteiger partial charge in [0.05, 0.1) is 25.2 Å². The molecule has 110 valence electrons. The van der Waals surface area contributed by atoms with E-state index >= 15 is 0 Å². The van der Waals surface area contributed by atoms with E-state index in [0.29, 0.717) is 10.8 Å². The first-order chi connectivity index (χ1) is 9.99. The van der Waals surface area contributed by atoms with Crippen LogP contribution in [0.4, 0.5) is 5.82 Å². The maximum Gasteiger partial charge on any atom is 0.246 e. The molecule has 1 atom stereocenters. The number of hydrogen-bond acceptors (Lipinski definition) is 6. The van der Waals surface area contributed by atoms with Crippen LogP contribution in [0.1, 0.15) is 6.92 Å². The normalized spacial score (nSPS) is 21.0. The Morgan fingerprint density at radius 1 is 1.19 bits per heavy atom. The van der Waals surface area contributed by atoms with Gasteiger partial charge in [-0.05, 0) is 19.1 Å². The van der Waals surface area contributed by atoms with Crippen LogP contribution >= 0.6 is 11.6 Å². The van der Waals surface area contributed by atoms with Gasteiger partial charge in [0.2, 0.25) is 23.1 Å². The lowest BCUT2D eigenvalue weighted by Crippen LogP contribution is -2.37. The van der Waals surface area contributed by atoms with E-state index < -0.39 is 11.7 Å². The van der Waals surface area contributed by atoms with Crippen molar-refractivity contribution in [1.82, 2.24) is 4.98 Å². The number of hydrogen-bond donors (Lipinski definition) is 0. The summed E-state index contributed by atoms with van der Waals surface area (Å²) in [6.07, 6.45) is 1.41. The zero-order valence-electron chi connectivity index (χ0n) is 11.7. The molecule has 2 rings (SSSR count). The van der Waals surface area contributed by atoms with Crippen LogP contribution in [-0.2, 0) is 19.1 Å². The lowest BCUT2D eigenvalue weighted by Gasteiger charge is -2.22. The number of nitrogens with zero attached hydrogens (tertiary/aromatic N) is 2. The fraction of sp³-hybridized carbons (Fsp3) is 0.286. The van der Waals surface area contributed by atoms with Gasteiger partial charge < -0.3 is 9.47 Å². The van der Waals surface area contributed by atoms with Crippen molar-refractivity contribution in [2.45, 2.75) is 6.92 Å². The summed E-state index contributed by atoms with van der Waals surface area (Å²) in [5.41, 5.74) is 0.0625. The summed E-state index contributed by atoms with van der Waals surface area (Å²) in [5, 5.41) is 0.456. The molecule has 1 heterocycles. The predicted octanol–water partition coefficient (Wildman–Crippen LogP) is 2.10. The zero-order valence-corrected chi connectivity index (χ0v) is 12.5. The number of rotatable bonds is 3. The summed E-state index contributed by atoms with van der Waals surface area (Å²) in [4.78, 5) is 32.7. The number of carbonyl (C=O) groups excluding carboxylic acids is 2. The number of pyridine rings is 1. The Bertz CT molecular complexity index is 649. The van der Waals surface area contributed by atoms with Crippen LogP contribution in [0.25, 0.3) is 0 Å². The Kier molecular flexibility index (Phi) is 4.37. The Hall–Kier alpha value is -2.21. The Balaban J connectivity index is 2.50. The van der Waals surface area contributed by atoms with Gasteiger partial charge in [0.1, 0.15) is 5.71 Å². The number of aromatic nitrogens is 1. The molecule has 21 heavy (non-hydrogen) atoms. The molecule has 6 nitrogen and oxygen atoms in total. The van der Waals surface area contributed by atoms with Crippen molar-refractivity contribution in [3.8, 4) is 0 Å². The summed E-state index contributed by atoms with van der Waals surface area (Å²) >= 11 is 5.74. The van der Waals surface area contributed by atoms with Crippen LogP contribution in [0.5, 0.6) is 0 Å². The average Bonchev–Trinajstić information content (AvgIpc) is 2.49. The van der Waals surface area contributed by atoms with Crippen LogP contribution < -0.4 is 0 Å². The SMILES string of the molecule is COC1=C(OC)C(=O)C(C)C(=Nc2ccc(Cl)cn2)C1=O. The number of methoxy groups -OCH3 is 2. The summed E-state index contributed by atoms with van der Waals surface area (Å²) in [6, 6.07) is 3.16. The highest BCUT2D eigenvalue weighted by atomic mass is 35.5. The quantitative estimate of drug-likeness (QED) is 0.854. The van der Waals surface area contributed by atoms with Gasteiger partial charge in [0.25, 0.3) is 0 Å². The second-order valence-electron chi connectivity index (χ2n) is 4.31. The summed E-state index contributed by atoms with van der Waals surface area (Å²) in [5.74, 6) is -1.52. The maximum absolute atomic E-state index is 12.4. The van der Waals surface area contributed by atoms with Gasteiger partial charge >= 0.3 is 0 Å². The van der Waals surface area contributed by atoms with E-state index in [1.165, 1.54) is 20.4 Å². The zero-order chi connectivity index (χ0) is 15.6. The van der Waals surface area contributed by atoms with Crippen molar-refractivity contribution in [2.75, 3.05) is 14.2 Å². The van der Waals surface area contributed by atoms with Gasteiger partial charge in [0, 0.05) is 6.20 Å². The molecule has 0 spiro atoms. The molecule has 0 amide bonds. The van der Waals surface area contributed by atoms with Crippen LogP contribution in [0.3, 0.4) is 0 Å². The van der Waals surface area contributed by atoms with Gasteiger partial charge in [-0.3, -0.25) is 9.59 Å². The van der Waals surface area contributed by atoms with E-state index in [4.69, 9.17) is 21.1 Å². The molecule has 0 aliphatic heterocycles. The number of allylic oxidation sites excluding steroid dienone is 2. The molecule has 0 aromatic carbocycles. The van der Waals surface area contributed by atoms with Crippen molar-refractivity contribution >= 4 is 34.7 Å². The fourth-order valence-corrected chi connectivity index (χ4v) is 2.04. The highest BCUT2D eigenvalue weighted by molar-refractivity contribution is 6.52. The van der Waals surface area contributed by atoms with E-state index in [1.54, 1.807) is 19.1 Å². The van der Waals surface area contributed by atoms with Gasteiger partial charge in [0.15, 0.2) is 5.82 Å². The highest BCUT2D eigenvalue weighted by Crippen LogP contribution is 2.25. The van der Waals surface area contributed by atoms with Crippen molar-refractivity contribution in [3.05, 3.63) is 34.9 Å². The van der Waals surface area contributed by atoms with Crippen molar-refractivity contribution < 1.29 is 19.1 Å². The number of carbonyl (C=O) groups is 2. The Morgan fingerprint density at radius 3 is 2.38 bits per heavy atom. The number of ether oxygens (including phenoxy) is 2. The van der Waals surface area contributed by atoms with Gasteiger partial charge in [-0.2, -0.15) is 0 Å². The van der Waals surface area contributed by atoms with Crippen LogP contribution in [0.15, 0.2) is 34.8 Å². The van der Waals surface area contributed by atoms with E-state index in [9.17, 15) is 9.59 Å². The molecular weight excluding hydrogens is 296 g/mol. The molecule has 0 saturated heterocycles. The smallest absolute Gasteiger partial charge is 0.246 e. The minimum atomic E-state index is -0.733. The van der Waals surface area contributed by atoms with E-state index in [0.717, 1.165) is 0 Å². The fourth-order valence-electron chi connectivity index (χ4n) is 1.93. The van der Waals surface area contributed by atoms with Gasteiger partial charge in [-0.15, -0.1) is 0 Å². The minimum absolute atomic E-state index is 0.0625. The predicted molar refractivity (Wildman–Crippen MR) is 76.6 cm³/mol. The third-order valence-electron chi connectivity index (χ3n) is 3.03. The van der Waals surface area contributed by atoms with Crippen LogP contribution in [-0.4, -0.2) is 36.5 Å². The highest BCUT2D eigenvalue weighted by Gasteiger charge is 2.40. The first-order valence-corrected chi connectivity index (χ1v) is 6.48. The Morgan fingerprint density at radius 2 is 1.86 bits per heavy atom. The van der Waals surface area contributed by atoms with E-state index in [1.807, 2.05) is 0 Å². The second kappa shape index (κ2) is 6.05. The molecule has 0 bridgehead atoms. The summed E-state index contributed by atoms with van der Waals surface area (Å²) < 4.78 is 9.93. The number of aliphatic imine (C=N–C) groups is 1. The molecule has 1 aliphatic carbocycles. The number of Topliss-reactive ketones (excluding diaryl/α,β-unsaturated/α-hetero) is 2. The molecular formula is C14H13ClN2O4. The molecule has 1 aromatic rings. The first kappa shape index (κ1) is 15.2. The first-order valence-electron chi connectivity index (χ1n) is 6.11. The monoisotopic (exact) mass is 308 g/mol. The largest absolute Gasteiger partial charge is 0.490 e. The van der Waals surface area contributed by atoms with Crippen molar-refractivity contribution in [2.24, 2.45) is 10.9 Å². The average molecular weight is 309 g/mol. The van der Waals surface area contributed by atoms with Gasteiger partial charge in [-0.1, -0.05) is 11.6 Å². The van der Waals surface area contributed by atoms with Gasteiger partial charge in [-0.25, -0.2) is 9.98 Å². The van der Waals surface area contributed by atoms with Crippen molar-refractivity contribution in [1.29, 1.82) is 0 Å². The molecule has 1 unspecified atom stereocenters. The topological polar surface area (TPSA) is 77.8 Å². The third kappa shape index (κ3) is 2.80. The third-order valence-corrected chi connectivity index (χ3v) is 3.25. The van der Waals surface area contributed by atoms with E-state index in [2.05, 4.69) is 9.98 Å². The minimum Gasteiger partial charge on any atom is -0.490 e. The summed E-state index contributed by atoms with van der Waals surface area (Å²) in [6.45, 7) is 1.58. The van der Waals surface area contributed by atoms with E-state index in [-0.39, 0.29) is 23.0 Å². The molecule has 0 radical (unpaired) electrons. The van der Waals surface area contributed by atoms with Crippen molar-refractivity contribution in [3.63, 3.8) is 0 Å². The Labute approximate surface area is 126 Å². The van der Waals surface area contributed by atoms with Crippen LogP contribution in [0.2, 0.25) is 5.02 Å². The standard InChI is InChI=1S/C14H13ClN2O4/c1-7-10(17-9-5-4-8(15)6-16-9)12(19)14(21-3)13(20-2)11(7)18/h4-7H,1-3H3. The molecule has 0 N–H and O–H groups in total. The molecule has 1 aromatic heterocycles.